The van der Waals surface area contributed by atoms with Crippen LogP contribution in [0.15, 0.2) is 30.6 Å². The van der Waals surface area contributed by atoms with Crippen molar-refractivity contribution in [2.45, 2.75) is 52.0 Å². The second-order valence-electron chi connectivity index (χ2n) is 7.38. The summed E-state index contributed by atoms with van der Waals surface area (Å²) in [6.07, 6.45) is 8.84. The highest BCUT2D eigenvalue weighted by Gasteiger charge is 2.41. The number of imidazole rings is 1. The Bertz CT molecular complexity index is 1070. The predicted octanol–water partition coefficient (Wildman–Crippen LogP) is 3.12. The lowest BCUT2D eigenvalue weighted by Crippen LogP contribution is -2.33. The number of allylic oxidation sites excluding steroid dienone is 2. The summed E-state index contributed by atoms with van der Waals surface area (Å²) in [5.74, 6) is 0.717. The Morgan fingerprint density at radius 2 is 1.86 bits per heavy atom. The Hall–Kier alpha value is -3.09. The van der Waals surface area contributed by atoms with Gasteiger partial charge in [0.2, 0.25) is 0 Å². The van der Waals surface area contributed by atoms with E-state index in [2.05, 4.69) is 26.4 Å². The largest absolute Gasteiger partial charge is 0.481 e. The minimum Gasteiger partial charge on any atom is -0.481 e. The highest BCUT2D eigenvalue weighted by molar-refractivity contribution is 5.82. The van der Waals surface area contributed by atoms with Crippen LogP contribution in [0.2, 0.25) is 0 Å². The van der Waals surface area contributed by atoms with E-state index < -0.39 is 11.4 Å². The predicted molar refractivity (Wildman–Crippen MR) is 105 cm³/mol. The monoisotopic (exact) mass is 377 g/mol. The molecule has 0 bridgehead atoms. The minimum absolute atomic E-state index is 0.453. The van der Waals surface area contributed by atoms with Crippen molar-refractivity contribution in [3.8, 4) is 0 Å². The van der Waals surface area contributed by atoms with Crippen molar-refractivity contribution in [2.75, 3.05) is 0 Å². The van der Waals surface area contributed by atoms with Gasteiger partial charge in [-0.05, 0) is 38.3 Å². The number of aryl methyl sites for hydroxylation is 3. The highest BCUT2D eigenvalue weighted by Crippen LogP contribution is 2.36. The van der Waals surface area contributed by atoms with Crippen molar-refractivity contribution in [1.82, 2.24) is 24.5 Å². The molecule has 7 nitrogen and oxygen atoms in total. The van der Waals surface area contributed by atoms with Gasteiger partial charge in [0.05, 0.1) is 6.54 Å². The molecule has 0 aliphatic heterocycles. The van der Waals surface area contributed by atoms with Gasteiger partial charge in [0.25, 0.3) is 0 Å². The van der Waals surface area contributed by atoms with Gasteiger partial charge >= 0.3 is 5.97 Å². The number of carboxylic acids is 1. The van der Waals surface area contributed by atoms with Crippen LogP contribution in [0, 0.1) is 13.8 Å². The van der Waals surface area contributed by atoms with Gasteiger partial charge in [-0.1, -0.05) is 19.1 Å². The maximum absolute atomic E-state index is 11.8. The second kappa shape index (κ2) is 6.82. The molecule has 3 aromatic rings. The molecule has 3 aromatic heterocycles. The number of fused-ring (bicyclic) bond motifs is 1. The summed E-state index contributed by atoms with van der Waals surface area (Å²) in [6, 6.07) is 2.03. The lowest BCUT2D eigenvalue weighted by Gasteiger charge is -2.23. The summed E-state index contributed by atoms with van der Waals surface area (Å²) in [5.41, 5.74) is 3.49. The fraction of sp³-hybridized carbons (Fsp3) is 0.381. The molecule has 0 amide bonds. The van der Waals surface area contributed by atoms with Crippen LogP contribution in [-0.2, 0) is 23.2 Å². The van der Waals surface area contributed by atoms with Crippen LogP contribution in [-0.4, -0.2) is 35.6 Å². The van der Waals surface area contributed by atoms with Gasteiger partial charge in [-0.15, -0.1) is 0 Å². The Labute approximate surface area is 163 Å². The van der Waals surface area contributed by atoms with Crippen LogP contribution in [0.25, 0.3) is 11.2 Å². The van der Waals surface area contributed by atoms with Crippen molar-refractivity contribution >= 4 is 17.1 Å². The molecule has 3 heterocycles. The number of carboxylic acid groups (broad SMARTS) is 1. The third kappa shape index (κ3) is 2.87. The third-order valence-corrected chi connectivity index (χ3v) is 5.48. The summed E-state index contributed by atoms with van der Waals surface area (Å²) in [5, 5.41) is 9.72. The Balaban J connectivity index is 1.70. The van der Waals surface area contributed by atoms with E-state index in [1.54, 1.807) is 12.4 Å². The number of rotatable bonds is 5. The van der Waals surface area contributed by atoms with Gasteiger partial charge in [0.15, 0.2) is 5.65 Å². The van der Waals surface area contributed by atoms with Gasteiger partial charge in [0.1, 0.15) is 22.6 Å². The molecular formula is C21H23N5O2. The molecule has 1 aliphatic rings. The number of pyridine rings is 1. The maximum Gasteiger partial charge on any atom is 0.314 e. The lowest BCUT2D eigenvalue weighted by molar-refractivity contribution is -0.143. The van der Waals surface area contributed by atoms with Crippen molar-refractivity contribution < 1.29 is 9.90 Å². The third-order valence-electron chi connectivity index (χ3n) is 5.48. The van der Waals surface area contributed by atoms with E-state index in [1.165, 1.54) is 0 Å². The molecule has 0 spiro atoms. The molecule has 1 N–H and O–H groups in total. The van der Waals surface area contributed by atoms with E-state index in [0.29, 0.717) is 30.8 Å². The first-order chi connectivity index (χ1) is 13.4. The Kier molecular flexibility index (Phi) is 4.45. The van der Waals surface area contributed by atoms with E-state index in [0.717, 1.165) is 34.7 Å². The lowest BCUT2D eigenvalue weighted by atomic mass is 9.80. The smallest absolute Gasteiger partial charge is 0.314 e. The van der Waals surface area contributed by atoms with E-state index in [1.807, 2.05) is 32.1 Å². The molecule has 0 atom stereocenters. The summed E-state index contributed by atoms with van der Waals surface area (Å²) in [7, 11) is 0. The zero-order valence-corrected chi connectivity index (χ0v) is 16.3. The SMILES string of the molecule is CCc1nc2c(C)cc(C)nc2n1Cc1ncc(C2(C(=O)O)CC=CC2)cn1. The highest BCUT2D eigenvalue weighted by atomic mass is 16.4. The fourth-order valence-electron chi connectivity index (χ4n) is 3.90. The fourth-order valence-corrected chi connectivity index (χ4v) is 3.90. The first-order valence-electron chi connectivity index (χ1n) is 9.48. The molecule has 0 unspecified atom stereocenters. The molecule has 0 fully saturated rings. The summed E-state index contributed by atoms with van der Waals surface area (Å²) in [4.78, 5) is 30.2. The van der Waals surface area contributed by atoms with Gasteiger partial charge in [-0.25, -0.2) is 19.9 Å². The van der Waals surface area contributed by atoms with Crippen LogP contribution in [0.1, 0.15) is 48.2 Å². The maximum atomic E-state index is 11.8. The van der Waals surface area contributed by atoms with Crippen molar-refractivity contribution in [3.63, 3.8) is 0 Å². The average molecular weight is 377 g/mol. The molecular weight excluding hydrogens is 354 g/mol. The first-order valence-corrected chi connectivity index (χ1v) is 9.48. The molecule has 144 valence electrons. The standard InChI is InChI=1S/C21H23N5O2/c1-4-17-25-18-13(2)9-14(3)24-19(18)26(17)12-16-22-10-15(11-23-16)21(20(27)28)7-5-6-8-21/h5-6,9-11H,4,7-8,12H2,1-3H3,(H,27,28). The van der Waals surface area contributed by atoms with Crippen LogP contribution in [0.5, 0.6) is 0 Å². The van der Waals surface area contributed by atoms with E-state index in [4.69, 9.17) is 4.98 Å². The molecule has 0 saturated heterocycles. The number of carbonyl (C=O) groups is 1. The summed E-state index contributed by atoms with van der Waals surface area (Å²) >= 11 is 0. The van der Waals surface area contributed by atoms with E-state index >= 15 is 0 Å². The molecule has 28 heavy (non-hydrogen) atoms. The van der Waals surface area contributed by atoms with E-state index in [9.17, 15) is 9.90 Å². The molecule has 7 heteroatoms. The molecule has 0 aromatic carbocycles. The topological polar surface area (TPSA) is 93.8 Å². The van der Waals surface area contributed by atoms with Crippen LogP contribution >= 0.6 is 0 Å². The number of hydrogen-bond acceptors (Lipinski definition) is 5. The second-order valence-corrected chi connectivity index (χ2v) is 7.38. The van der Waals surface area contributed by atoms with Crippen LogP contribution in [0.4, 0.5) is 0 Å². The molecule has 0 radical (unpaired) electrons. The average Bonchev–Trinajstić information content (AvgIpc) is 3.29. The van der Waals surface area contributed by atoms with Crippen LogP contribution < -0.4 is 0 Å². The summed E-state index contributed by atoms with van der Waals surface area (Å²) < 4.78 is 2.05. The summed E-state index contributed by atoms with van der Waals surface area (Å²) in [6.45, 7) is 6.53. The van der Waals surface area contributed by atoms with Gasteiger partial charge in [-0.2, -0.15) is 0 Å². The number of aromatic nitrogens is 5. The number of aliphatic carboxylic acids is 1. The van der Waals surface area contributed by atoms with Crippen molar-refractivity contribution in [3.05, 3.63) is 59.1 Å². The first kappa shape index (κ1) is 18.3. The minimum atomic E-state index is -0.940. The number of nitrogens with zero attached hydrogens (tertiary/aromatic N) is 5. The van der Waals surface area contributed by atoms with Crippen molar-refractivity contribution in [2.24, 2.45) is 0 Å². The van der Waals surface area contributed by atoms with Crippen LogP contribution in [0.3, 0.4) is 0 Å². The quantitative estimate of drug-likeness (QED) is 0.687. The molecule has 4 rings (SSSR count). The zero-order valence-electron chi connectivity index (χ0n) is 16.3. The molecule has 1 aliphatic carbocycles. The number of hydrogen-bond donors (Lipinski definition) is 1. The normalized spacial score (nSPS) is 15.4. The Morgan fingerprint density at radius 1 is 1.18 bits per heavy atom. The van der Waals surface area contributed by atoms with Gasteiger partial charge in [-0.3, -0.25) is 4.79 Å². The van der Waals surface area contributed by atoms with Gasteiger partial charge in [0, 0.05) is 30.1 Å². The van der Waals surface area contributed by atoms with Crippen molar-refractivity contribution in [1.29, 1.82) is 0 Å². The zero-order chi connectivity index (χ0) is 19.9. The van der Waals surface area contributed by atoms with Gasteiger partial charge < -0.3 is 9.67 Å². The Morgan fingerprint density at radius 3 is 2.46 bits per heavy atom. The molecule has 0 saturated carbocycles. The van der Waals surface area contributed by atoms with E-state index in [-0.39, 0.29) is 0 Å².